The van der Waals surface area contributed by atoms with Gasteiger partial charge in [-0.1, -0.05) is 19.1 Å². The molecule has 114 valence electrons. The van der Waals surface area contributed by atoms with Gasteiger partial charge >= 0.3 is 5.97 Å². The Morgan fingerprint density at radius 1 is 1.19 bits per heavy atom. The second-order valence-electron chi connectivity index (χ2n) is 5.45. The van der Waals surface area contributed by atoms with Crippen LogP contribution in [0.1, 0.15) is 22.8 Å². The molecule has 0 aliphatic carbocycles. The molecule has 5 heteroatoms. The molecule has 2 unspecified atom stereocenters. The van der Waals surface area contributed by atoms with E-state index in [-0.39, 0.29) is 23.7 Å². The molecule has 1 amide bonds. The van der Waals surface area contributed by atoms with Crippen LogP contribution in [-0.4, -0.2) is 44.1 Å². The summed E-state index contributed by atoms with van der Waals surface area (Å²) in [7, 11) is 3.02. The first kappa shape index (κ1) is 15.5. The summed E-state index contributed by atoms with van der Waals surface area (Å²) in [6, 6.07) is 7.36. The lowest BCUT2D eigenvalue weighted by Crippen LogP contribution is -2.30. The number of rotatable bonds is 4. The van der Waals surface area contributed by atoms with Crippen molar-refractivity contribution in [3.8, 4) is 0 Å². The van der Waals surface area contributed by atoms with E-state index in [1.807, 2.05) is 19.1 Å². The van der Waals surface area contributed by atoms with Crippen LogP contribution in [0.5, 0.6) is 0 Å². The summed E-state index contributed by atoms with van der Waals surface area (Å²) < 4.78 is 9.84. The third-order valence-corrected chi connectivity index (χ3v) is 3.92. The van der Waals surface area contributed by atoms with Crippen LogP contribution in [0.25, 0.3) is 0 Å². The fourth-order valence-electron chi connectivity index (χ4n) is 2.68. The van der Waals surface area contributed by atoms with Gasteiger partial charge in [0.05, 0.1) is 19.6 Å². The molecule has 1 aromatic carbocycles. The van der Waals surface area contributed by atoms with Gasteiger partial charge in [-0.3, -0.25) is 9.59 Å². The van der Waals surface area contributed by atoms with Gasteiger partial charge in [0.2, 0.25) is 0 Å². The lowest BCUT2D eigenvalue weighted by atomic mass is 9.99. The molecule has 1 heterocycles. The molecule has 1 aromatic rings. The van der Waals surface area contributed by atoms with Crippen LogP contribution < -0.4 is 0 Å². The van der Waals surface area contributed by atoms with Crippen LogP contribution >= 0.6 is 0 Å². The highest BCUT2D eigenvalue weighted by Crippen LogP contribution is 2.25. The molecule has 0 bridgehead atoms. The average molecular weight is 291 g/mol. The Bertz CT molecular complexity index is 512. The fraction of sp³-hybridized carbons (Fsp3) is 0.500. The monoisotopic (exact) mass is 291 g/mol. The quantitative estimate of drug-likeness (QED) is 0.793. The minimum absolute atomic E-state index is 0.0442. The van der Waals surface area contributed by atoms with Crippen LogP contribution in [0.2, 0.25) is 0 Å². The van der Waals surface area contributed by atoms with E-state index in [0.29, 0.717) is 25.3 Å². The van der Waals surface area contributed by atoms with E-state index in [1.54, 1.807) is 24.1 Å². The molecular formula is C16H21NO4. The Balaban J connectivity index is 2.05. The van der Waals surface area contributed by atoms with Gasteiger partial charge in [0.15, 0.2) is 0 Å². The number of hydrogen-bond acceptors (Lipinski definition) is 4. The van der Waals surface area contributed by atoms with Gasteiger partial charge in [0.1, 0.15) is 0 Å². The van der Waals surface area contributed by atoms with Crippen LogP contribution in [0.3, 0.4) is 0 Å². The first-order chi connectivity index (χ1) is 10.1. The number of esters is 1. The second kappa shape index (κ2) is 6.72. The molecule has 21 heavy (non-hydrogen) atoms. The molecule has 1 saturated heterocycles. The van der Waals surface area contributed by atoms with Crippen molar-refractivity contribution in [3.63, 3.8) is 0 Å². The maximum Gasteiger partial charge on any atom is 0.310 e. The predicted octanol–water partition coefficient (Wildman–Crippen LogP) is 1.71. The minimum atomic E-state index is -0.242. The Labute approximate surface area is 124 Å². The van der Waals surface area contributed by atoms with Crippen molar-refractivity contribution < 1.29 is 19.1 Å². The third-order valence-electron chi connectivity index (χ3n) is 3.92. The number of carbonyl (C=O) groups excluding carboxylic acids is 2. The maximum absolute atomic E-state index is 12.5. The van der Waals surface area contributed by atoms with Crippen molar-refractivity contribution in [2.24, 2.45) is 11.8 Å². The third kappa shape index (κ3) is 3.42. The summed E-state index contributed by atoms with van der Waals surface area (Å²) in [4.78, 5) is 25.9. The molecule has 1 fully saturated rings. The molecule has 0 saturated carbocycles. The van der Waals surface area contributed by atoms with Crippen molar-refractivity contribution in [1.82, 2.24) is 4.90 Å². The predicted molar refractivity (Wildman–Crippen MR) is 77.7 cm³/mol. The molecule has 0 N–H and O–H groups in total. The van der Waals surface area contributed by atoms with Gasteiger partial charge < -0.3 is 14.4 Å². The Kier molecular flexibility index (Phi) is 4.96. The van der Waals surface area contributed by atoms with E-state index >= 15 is 0 Å². The molecule has 2 rings (SSSR count). The van der Waals surface area contributed by atoms with E-state index in [0.717, 1.165) is 5.56 Å². The number of ether oxygens (including phenoxy) is 2. The Hall–Kier alpha value is -1.88. The van der Waals surface area contributed by atoms with Crippen LogP contribution in [0.15, 0.2) is 24.3 Å². The summed E-state index contributed by atoms with van der Waals surface area (Å²) in [5.41, 5.74) is 1.66. The summed E-state index contributed by atoms with van der Waals surface area (Å²) in [5.74, 6) is -0.397. The second-order valence-corrected chi connectivity index (χ2v) is 5.45. The molecule has 1 aliphatic rings. The van der Waals surface area contributed by atoms with Crippen molar-refractivity contribution >= 4 is 11.9 Å². The number of nitrogens with zero attached hydrogens (tertiary/aromatic N) is 1. The molecule has 1 aliphatic heterocycles. The van der Waals surface area contributed by atoms with Gasteiger partial charge in [-0.25, -0.2) is 0 Å². The molecule has 0 aromatic heterocycles. The van der Waals surface area contributed by atoms with Crippen molar-refractivity contribution in [2.45, 2.75) is 13.5 Å². The van der Waals surface area contributed by atoms with E-state index in [9.17, 15) is 9.59 Å². The fourth-order valence-corrected chi connectivity index (χ4v) is 2.68. The smallest absolute Gasteiger partial charge is 0.310 e. The molecule has 0 spiro atoms. The lowest BCUT2D eigenvalue weighted by molar-refractivity contribution is -0.146. The van der Waals surface area contributed by atoms with E-state index < -0.39 is 0 Å². The van der Waals surface area contributed by atoms with Crippen LogP contribution in [0, 0.1) is 11.8 Å². The van der Waals surface area contributed by atoms with E-state index in [2.05, 4.69) is 0 Å². The standard InChI is InChI=1S/C16H21NO4/c1-11-8-17(9-14(11)16(19)21-3)15(18)13-6-4-12(5-7-13)10-20-2/h4-7,11,14H,8-10H2,1-3H3. The van der Waals surface area contributed by atoms with Crippen molar-refractivity contribution in [2.75, 3.05) is 27.3 Å². The first-order valence-electron chi connectivity index (χ1n) is 7.01. The summed E-state index contributed by atoms with van der Waals surface area (Å²) in [6.07, 6.45) is 0. The topological polar surface area (TPSA) is 55.8 Å². The highest BCUT2D eigenvalue weighted by molar-refractivity contribution is 5.95. The lowest BCUT2D eigenvalue weighted by Gasteiger charge is -2.16. The zero-order chi connectivity index (χ0) is 15.4. The number of likely N-dealkylation sites (tertiary alicyclic amines) is 1. The van der Waals surface area contributed by atoms with Crippen LogP contribution in [-0.2, 0) is 20.9 Å². The normalized spacial score (nSPS) is 21.4. The average Bonchev–Trinajstić information content (AvgIpc) is 2.89. The zero-order valence-electron chi connectivity index (χ0n) is 12.7. The Morgan fingerprint density at radius 2 is 1.86 bits per heavy atom. The van der Waals surface area contributed by atoms with Gasteiger partial charge in [-0.05, 0) is 23.6 Å². The highest BCUT2D eigenvalue weighted by Gasteiger charge is 2.37. The molecule has 5 nitrogen and oxygen atoms in total. The van der Waals surface area contributed by atoms with Crippen molar-refractivity contribution in [3.05, 3.63) is 35.4 Å². The summed E-state index contributed by atoms with van der Waals surface area (Å²) in [6.45, 7) is 3.50. The number of benzene rings is 1. The first-order valence-corrected chi connectivity index (χ1v) is 7.01. The largest absolute Gasteiger partial charge is 0.469 e. The molecular weight excluding hydrogens is 270 g/mol. The van der Waals surface area contributed by atoms with Crippen LogP contribution in [0.4, 0.5) is 0 Å². The van der Waals surface area contributed by atoms with Gasteiger partial charge in [-0.15, -0.1) is 0 Å². The maximum atomic E-state index is 12.5. The van der Waals surface area contributed by atoms with E-state index in [1.165, 1.54) is 7.11 Å². The number of methoxy groups -OCH3 is 2. The van der Waals surface area contributed by atoms with Gasteiger partial charge in [-0.2, -0.15) is 0 Å². The Morgan fingerprint density at radius 3 is 2.43 bits per heavy atom. The minimum Gasteiger partial charge on any atom is -0.469 e. The SMILES string of the molecule is COCc1ccc(C(=O)N2CC(C)C(C(=O)OC)C2)cc1. The molecule has 0 radical (unpaired) electrons. The summed E-state index contributed by atoms with van der Waals surface area (Å²) in [5, 5.41) is 0. The zero-order valence-corrected chi connectivity index (χ0v) is 12.7. The molecule has 2 atom stereocenters. The summed E-state index contributed by atoms with van der Waals surface area (Å²) >= 11 is 0. The van der Waals surface area contributed by atoms with E-state index in [4.69, 9.17) is 9.47 Å². The van der Waals surface area contributed by atoms with Gasteiger partial charge in [0.25, 0.3) is 5.91 Å². The van der Waals surface area contributed by atoms with Gasteiger partial charge in [0, 0.05) is 25.8 Å². The number of carbonyl (C=O) groups is 2. The highest BCUT2D eigenvalue weighted by atomic mass is 16.5. The number of amides is 1. The van der Waals surface area contributed by atoms with Crippen molar-refractivity contribution in [1.29, 1.82) is 0 Å². The number of hydrogen-bond donors (Lipinski definition) is 0.